The van der Waals surface area contributed by atoms with Crippen molar-refractivity contribution in [1.29, 1.82) is 0 Å². The Balaban J connectivity index is 2.62. The molecule has 0 atom stereocenters. The first-order valence-electron chi connectivity index (χ1n) is 7.37. The van der Waals surface area contributed by atoms with Crippen molar-refractivity contribution in [3.63, 3.8) is 0 Å². The highest BCUT2D eigenvalue weighted by atomic mass is 79.9. The molecule has 0 spiro atoms. The van der Waals surface area contributed by atoms with Crippen molar-refractivity contribution in [2.75, 3.05) is 0 Å². The Labute approximate surface area is 168 Å². The van der Waals surface area contributed by atoms with E-state index in [-0.39, 0.29) is 11.2 Å². The number of halogens is 3. The molecule has 0 radical (unpaired) electrons. The van der Waals surface area contributed by atoms with Crippen LogP contribution in [0.4, 0.5) is 0 Å². The molecule has 24 heavy (non-hydrogen) atoms. The molecule has 0 amide bonds. The first-order chi connectivity index (χ1) is 11.1. The van der Waals surface area contributed by atoms with Crippen LogP contribution in [0.25, 0.3) is 0 Å². The SMILES string of the molecule is C#Cc1cc(Br)c(C(=O)c2c(C)cc(C(C)(C)C)cc2Br)c(Br)c1. The van der Waals surface area contributed by atoms with Gasteiger partial charge in [-0.05, 0) is 73.5 Å². The minimum absolute atomic E-state index is 0.0183. The van der Waals surface area contributed by atoms with E-state index in [1.807, 2.05) is 13.0 Å². The van der Waals surface area contributed by atoms with E-state index in [0.29, 0.717) is 25.6 Å². The molecule has 4 heteroatoms. The Morgan fingerprint density at radius 1 is 0.958 bits per heavy atom. The first-order valence-corrected chi connectivity index (χ1v) is 9.75. The van der Waals surface area contributed by atoms with Crippen molar-refractivity contribution in [2.24, 2.45) is 0 Å². The van der Waals surface area contributed by atoms with Gasteiger partial charge in [0.25, 0.3) is 0 Å². The van der Waals surface area contributed by atoms with Crippen LogP contribution in [0.2, 0.25) is 0 Å². The zero-order valence-electron chi connectivity index (χ0n) is 13.9. The molecular weight excluding hydrogens is 496 g/mol. The zero-order chi connectivity index (χ0) is 18.2. The molecule has 0 bridgehead atoms. The molecule has 2 aromatic carbocycles. The summed E-state index contributed by atoms with van der Waals surface area (Å²) in [6.07, 6.45) is 5.45. The lowest BCUT2D eigenvalue weighted by Crippen LogP contribution is -2.14. The molecule has 0 saturated carbocycles. The number of carbonyl (C=O) groups is 1. The van der Waals surface area contributed by atoms with Crippen LogP contribution in [-0.4, -0.2) is 5.78 Å². The lowest BCUT2D eigenvalue weighted by molar-refractivity contribution is 0.103. The quantitative estimate of drug-likeness (QED) is 0.320. The number of carbonyl (C=O) groups excluding carboxylic acids is 1. The number of terminal acetylenes is 1. The molecule has 0 N–H and O–H groups in total. The van der Waals surface area contributed by atoms with Gasteiger partial charge >= 0.3 is 0 Å². The van der Waals surface area contributed by atoms with E-state index in [1.165, 1.54) is 5.56 Å². The van der Waals surface area contributed by atoms with Crippen molar-refractivity contribution < 1.29 is 4.79 Å². The topological polar surface area (TPSA) is 17.1 Å². The summed E-state index contributed by atoms with van der Waals surface area (Å²) >= 11 is 10.5. The van der Waals surface area contributed by atoms with Crippen LogP contribution in [0.3, 0.4) is 0 Å². The second-order valence-electron chi connectivity index (χ2n) is 6.69. The van der Waals surface area contributed by atoms with Gasteiger partial charge in [0.05, 0.1) is 5.56 Å². The number of benzene rings is 2. The van der Waals surface area contributed by atoms with E-state index in [2.05, 4.69) is 80.5 Å². The van der Waals surface area contributed by atoms with Gasteiger partial charge in [0, 0.05) is 24.5 Å². The normalized spacial score (nSPS) is 11.2. The molecular formula is C20H17Br3O. The first kappa shape index (κ1) is 19.4. The molecule has 2 aromatic rings. The lowest BCUT2D eigenvalue weighted by Gasteiger charge is -2.22. The van der Waals surface area contributed by atoms with Crippen molar-refractivity contribution in [1.82, 2.24) is 0 Å². The largest absolute Gasteiger partial charge is 0.288 e. The van der Waals surface area contributed by atoms with Crippen LogP contribution in [0.5, 0.6) is 0 Å². The van der Waals surface area contributed by atoms with Gasteiger partial charge in [0.2, 0.25) is 0 Å². The zero-order valence-corrected chi connectivity index (χ0v) is 18.7. The van der Waals surface area contributed by atoms with Gasteiger partial charge in [-0.15, -0.1) is 6.42 Å². The number of hydrogen-bond donors (Lipinski definition) is 0. The van der Waals surface area contributed by atoms with E-state index in [1.54, 1.807) is 12.1 Å². The fourth-order valence-electron chi connectivity index (χ4n) is 2.46. The minimum Gasteiger partial charge on any atom is -0.288 e. The van der Waals surface area contributed by atoms with E-state index >= 15 is 0 Å². The summed E-state index contributed by atoms with van der Waals surface area (Å²) in [6, 6.07) is 7.67. The number of ketones is 1. The average molecular weight is 513 g/mol. The van der Waals surface area contributed by atoms with Crippen molar-refractivity contribution in [2.45, 2.75) is 33.1 Å². The molecule has 0 unspecified atom stereocenters. The second-order valence-corrected chi connectivity index (χ2v) is 9.25. The van der Waals surface area contributed by atoms with Gasteiger partial charge < -0.3 is 0 Å². The van der Waals surface area contributed by atoms with Gasteiger partial charge in [0.1, 0.15) is 0 Å². The second kappa shape index (κ2) is 7.15. The Bertz CT molecular complexity index is 821. The highest BCUT2D eigenvalue weighted by molar-refractivity contribution is 9.11. The summed E-state index contributed by atoms with van der Waals surface area (Å²) in [6.45, 7) is 8.43. The van der Waals surface area contributed by atoms with Gasteiger partial charge in [0.15, 0.2) is 5.78 Å². The summed E-state index contributed by atoms with van der Waals surface area (Å²) in [4.78, 5) is 13.1. The standard InChI is InChI=1S/C20H17Br3O/c1-6-12-8-14(21)18(15(22)9-12)19(24)17-11(2)7-13(10-16(17)23)20(3,4)5/h1,7-10H,2-5H3. The number of aryl methyl sites for hydroxylation is 1. The third-order valence-electron chi connectivity index (χ3n) is 3.82. The smallest absolute Gasteiger partial charge is 0.196 e. The summed E-state index contributed by atoms with van der Waals surface area (Å²) in [5, 5.41) is 0. The van der Waals surface area contributed by atoms with Crippen molar-refractivity contribution in [3.05, 3.63) is 65.5 Å². The van der Waals surface area contributed by atoms with Crippen LogP contribution < -0.4 is 0 Å². The maximum absolute atomic E-state index is 13.1. The minimum atomic E-state index is -0.0536. The molecule has 0 fully saturated rings. The maximum atomic E-state index is 13.1. The van der Waals surface area contributed by atoms with Gasteiger partial charge in [-0.1, -0.05) is 48.7 Å². The molecule has 2 rings (SSSR count). The van der Waals surface area contributed by atoms with Gasteiger partial charge in [-0.2, -0.15) is 0 Å². The van der Waals surface area contributed by atoms with Crippen LogP contribution in [0.1, 0.15) is 53.4 Å². The van der Waals surface area contributed by atoms with Crippen LogP contribution in [0.15, 0.2) is 37.7 Å². The predicted molar refractivity (Wildman–Crippen MR) is 111 cm³/mol. The predicted octanol–water partition coefficient (Wildman–Crippen LogP) is 6.79. The molecule has 0 aliphatic heterocycles. The van der Waals surface area contributed by atoms with E-state index in [9.17, 15) is 4.79 Å². The fraction of sp³-hybridized carbons (Fsp3) is 0.250. The molecule has 124 valence electrons. The summed E-state index contributed by atoms with van der Waals surface area (Å²) in [5.74, 6) is 2.53. The van der Waals surface area contributed by atoms with E-state index in [4.69, 9.17) is 6.42 Å². The van der Waals surface area contributed by atoms with Crippen molar-refractivity contribution in [3.8, 4) is 12.3 Å². The molecule has 1 nitrogen and oxygen atoms in total. The Morgan fingerprint density at radius 3 is 1.88 bits per heavy atom. The molecule has 0 aliphatic carbocycles. The third kappa shape index (κ3) is 3.85. The summed E-state index contributed by atoms with van der Waals surface area (Å²) < 4.78 is 2.17. The summed E-state index contributed by atoms with van der Waals surface area (Å²) in [5.41, 5.74) is 4.09. The van der Waals surface area contributed by atoms with E-state index < -0.39 is 0 Å². The number of hydrogen-bond acceptors (Lipinski definition) is 1. The highest BCUT2D eigenvalue weighted by Gasteiger charge is 2.23. The Hall–Kier alpha value is -0.890. The van der Waals surface area contributed by atoms with Gasteiger partial charge in [-0.25, -0.2) is 0 Å². The maximum Gasteiger partial charge on any atom is 0.196 e. The van der Waals surface area contributed by atoms with Gasteiger partial charge in [-0.3, -0.25) is 4.79 Å². The number of rotatable bonds is 2. The highest BCUT2D eigenvalue weighted by Crippen LogP contribution is 2.35. The third-order valence-corrected chi connectivity index (χ3v) is 5.69. The van der Waals surface area contributed by atoms with Crippen LogP contribution >= 0.6 is 47.8 Å². The molecule has 0 saturated heterocycles. The van der Waals surface area contributed by atoms with Crippen LogP contribution in [-0.2, 0) is 5.41 Å². The molecule has 0 aromatic heterocycles. The van der Waals surface area contributed by atoms with Crippen LogP contribution in [0, 0.1) is 19.3 Å². The Kier molecular flexibility index (Phi) is 5.79. The molecule has 0 heterocycles. The average Bonchev–Trinajstić information content (AvgIpc) is 2.44. The van der Waals surface area contributed by atoms with E-state index in [0.717, 1.165) is 10.0 Å². The Morgan fingerprint density at radius 2 is 1.46 bits per heavy atom. The molecule has 0 aliphatic rings. The summed E-state index contributed by atoms with van der Waals surface area (Å²) in [7, 11) is 0. The monoisotopic (exact) mass is 510 g/mol. The van der Waals surface area contributed by atoms with Crippen molar-refractivity contribution >= 4 is 53.6 Å². The lowest BCUT2D eigenvalue weighted by atomic mass is 9.84. The fourth-order valence-corrected chi connectivity index (χ4v) is 4.75.